The number of nitrogens with one attached hydrogen (secondary N) is 1. The molecule has 20 heavy (non-hydrogen) atoms. The maximum atomic E-state index is 12.1. The van der Waals surface area contributed by atoms with Crippen LogP contribution in [0.1, 0.15) is 6.92 Å². The lowest BCUT2D eigenvalue weighted by Crippen LogP contribution is -2.30. The first kappa shape index (κ1) is 17.3. The van der Waals surface area contributed by atoms with E-state index in [1.807, 2.05) is 25.9 Å². The van der Waals surface area contributed by atoms with Gasteiger partial charge in [0.1, 0.15) is 4.47 Å². The Kier molecular flexibility index (Phi) is 6.84. The molecule has 1 rings (SSSR count). The molecule has 1 heterocycles. The summed E-state index contributed by atoms with van der Waals surface area (Å²) < 4.78 is 13.2. The van der Waals surface area contributed by atoms with Crippen LogP contribution in [0.2, 0.25) is 0 Å². The summed E-state index contributed by atoms with van der Waals surface area (Å²) in [6.07, 6.45) is 3.28. The van der Waals surface area contributed by atoms with Crippen molar-refractivity contribution in [3.8, 4) is 0 Å². The van der Waals surface area contributed by atoms with Crippen molar-refractivity contribution in [3.63, 3.8) is 0 Å². The second-order valence-corrected chi connectivity index (χ2v) is 7.49. The SMILES string of the molecule is CC(CNc1cnn(CCN(C)C)c(=O)c1Br)S(C)=O. The number of aromatic nitrogens is 2. The standard InChI is InChI=1S/C12H21BrN4O2S/c1-9(20(4)19)7-14-10-8-15-17(6-5-16(2)3)12(18)11(10)13/h8-9,14H,5-7H2,1-4H3. The third-order valence-electron chi connectivity index (χ3n) is 2.89. The third-order valence-corrected chi connectivity index (χ3v) is 4.96. The number of nitrogens with zero attached hydrogens (tertiary/aromatic N) is 3. The summed E-state index contributed by atoms with van der Waals surface area (Å²) >= 11 is 3.30. The first-order valence-electron chi connectivity index (χ1n) is 6.29. The van der Waals surface area contributed by atoms with E-state index in [1.165, 1.54) is 4.68 Å². The molecule has 2 unspecified atom stereocenters. The summed E-state index contributed by atoms with van der Waals surface area (Å²) in [4.78, 5) is 14.1. The Balaban J connectivity index is 2.78. The van der Waals surface area contributed by atoms with Crippen molar-refractivity contribution in [2.24, 2.45) is 0 Å². The minimum atomic E-state index is -0.896. The van der Waals surface area contributed by atoms with Crippen molar-refractivity contribution in [3.05, 3.63) is 21.0 Å². The van der Waals surface area contributed by atoms with E-state index >= 15 is 0 Å². The number of halogens is 1. The highest BCUT2D eigenvalue weighted by Gasteiger charge is 2.11. The molecule has 0 fully saturated rings. The molecule has 0 saturated carbocycles. The molecule has 8 heteroatoms. The van der Waals surface area contributed by atoms with Gasteiger partial charge in [0, 0.05) is 35.4 Å². The van der Waals surface area contributed by atoms with E-state index in [-0.39, 0.29) is 10.8 Å². The average molecular weight is 365 g/mol. The molecule has 114 valence electrons. The van der Waals surface area contributed by atoms with Crippen LogP contribution in [0.15, 0.2) is 15.5 Å². The molecule has 1 aromatic rings. The van der Waals surface area contributed by atoms with Crippen molar-refractivity contribution >= 4 is 32.4 Å². The van der Waals surface area contributed by atoms with E-state index in [4.69, 9.17) is 0 Å². The highest BCUT2D eigenvalue weighted by atomic mass is 79.9. The topological polar surface area (TPSA) is 67.2 Å². The van der Waals surface area contributed by atoms with Gasteiger partial charge in [-0.05, 0) is 36.9 Å². The van der Waals surface area contributed by atoms with Crippen LogP contribution in [0.25, 0.3) is 0 Å². The molecule has 0 radical (unpaired) electrons. The van der Waals surface area contributed by atoms with Crippen molar-refractivity contribution in [1.82, 2.24) is 14.7 Å². The molecule has 0 amide bonds. The van der Waals surface area contributed by atoms with Crippen LogP contribution < -0.4 is 10.9 Å². The van der Waals surface area contributed by atoms with Gasteiger partial charge in [0.15, 0.2) is 0 Å². The number of anilines is 1. The number of rotatable bonds is 7. The number of likely N-dealkylation sites (N-methyl/N-ethyl adjacent to an activating group) is 1. The lowest BCUT2D eigenvalue weighted by molar-refractivity contribution is 0.367. The van der Waals surface area contributed by atoms with Crippen LogP contribution in [0, 0.1) is 0 Å². The zero-order valence-corrected chi connectivity index (χ0v) is 14.6. The second-order valence-electron chi connectivity index (χ2n) is 4.89. The van der Waals surface area contributed by atoms with Crippen molar-refractivity contribution < 1.29 is 4.21 Å². The molecular weight excluding hydrogens is 344 g/mol. The van der Waals surface area contributed by atoms with Gasteiger partial charge in [0.25, 0.3) is 5.56 Å². The van der Waals surface area contributed by atoms with E-state index in [2.05, 4.69) is 26.3 Å². The van der Waals surface area contributed by atoms with Crippen molar-refractivity contribution in [2.45, 2.75) is 18.7 Å². The summed E-state index contributed by atoms with van der Waals surface area (Å²) in [5, 5.41) is 7.26. The number of hydrogen-bond acceptors (Lipinski definition) is 5. The van der Waals surface area contributed by atoms with Gasteiger partial charge < -0.3 is 10.2 Å². The largest absolute Gasteiger partial charge is 0.381 e. The molecule has 0 spiro atoms. The van der Waals surface area contributed by atoms with E-state index in [9.17, 15) is 9.00 Å². The fraction of sp³-hybridized carbons (Fsp3) is 0.667. The van der Waals surface area contributed by atoms with Crippen LogP contribution >= 0.6 is 15.9 Å². The predicted octanol–water partition coefficient (Wildman–Crippen LogP) is 0.746. The van der Waals surface area contributed by atoms with Gasteiger partial charge in [0.05, 0.1) is 18.4 Å². The molecule has 0 aliphatic rings. The van der Waals surface area contributed by atoms with Crippen LogP contribution in [-0.4, -0.2) is 57.6 Å². The Morgan fingerprint density at radius 3 is 2.75 bits per heavy atom. The summed E-state index contributed by atoms with van der Waals surface area (Å²) in [5.41, 5.74) is 0.468. The predicted molar refractivity (Wildman–Crippen MR) is 86.8 cm³/mol. The van der Waals surface area contributed by atoms with Gasteiger partial charge in [0.2, 0.25) is 0 Å². The minimum Gasteiger partial charge on any atom is -0.381 e. The van der Waals surface area contributed by atoms with Crippen LogP contribution in [0.3, 0.4) is 0 Å². The second kappa shape index (κ2) is 7.90. The van der Waals surface area contributed by atoms with Gasteiger partial charge in [-0.1, -0.05) is 0 Å². The van der Waals surface area contributed by atoms with E-state index in [0.29, 0.717) is 23.2 Å². The van der Waals surface area contributed by atoms with E-state index in [0.717, 1.165) is 6.54 Å². The van der Waals surface area contributed by atoms with Crippen LogP contribution in [0.5, 0.6) is 0 Å². The Hall–Kier alpha value is -0.730. The zero-order valence-electron chi connectivity index (χ0n) is 12.2. The summed E-state index contributed by atoms with van der Waals surface area (Å²) in [6, 6.07) is 0. The molecule has 1 N–H and O–H groups in total. The molecular formula is C12H21BrN4O2S. The molecule has 0 aliphatic carbocycles. The lowest BCUT2D eigenvalue weighted by Gasteiger charge is -2.14. The first-order chi connectivity index (χ1) is 9.32. The molecule has 1 aromatic heterocycles. The van der Waals surface area contributed by atoms with Gasteiger partial charge in [-0.25, -0.2) is 4.68 Å². The zero-order chi connectivity index (χ0) is 15.3. The number of hydrogen-bond donors (Lipinski definition) is 1. The summed E-state index contributed by atoms with van der Waals surface area (Å²) in [7, 11) is 3.00. The van der Waals surface area contributed by atoms with Gasteiger partial charge in [-0.15, -0.1) is 0 Å². The average Bonchev–Trinajstić information content (AvgIpc) is 2.38. The Labute approximate surface area is 130 Å². The first-order valence-corrected chi connectivity index (χ1v) is 8.70. The monoisotopic (exact) mass is 364 g/mol. The van der Waals surface area contributed by atoms with Gasteiger partial charge in [-0.3, -0.25) is 9.00 Å². The Morgan fingerprint density at radius 1 is 1.55 bits per heavy atom. The van der Waals surface area contributed by atoms with Crippen molar-refractivity contribution in [1.29, 1.82) is 0 Å². The highest BCUT2D eigenvalue weighted by Crippen LogP contribution is 2.16. The highest BCUT2D eigenvalue weighted by molar-refractivity contribution is 9.10. The molecule has 0 bridgehead atoms. The quantitative estimate of drug-likeness (QED) is 0.772. The maximum absolute atomic E-state index is 12.1. The third kappa shape index (κ3) is 4.99. The molecule has 0 aromatic carbocycles. The molecule has 0 aliphatic heterocycles. The smallest absolute Gasteiger partial charge is 0.283 e. The molecule has 2 atom stereocenters. The Morgan fingerprint density at radius 2 is 2.20 bits per heavy atom. The molecule has 6 nitrogen and oxygen atoms in total. The summed E-state index contributed by atoms with van der Waals surface area (Å²) in [6.45, 7) is 3.71. The van der Waals surface area contributed by atoms with E-state index < -0.39 is 10.8 Å². The minimum absolute atomic E-state index is 0.0121. The summed E-state index contributed by atoms with van der Waals surface area (Å²) in [5.74, 6) is 0. The Bertz CT molecular complexity index is 533. The fourth-order valence-electron chi connectivity index (χ4n) is 1.41. The fourth-order valence-corrected chi connectivity index (χ4v) is 2.18. The normalized spacial score (nSPS) is 14.3. The van der Waals surface area contributed by atoms with Crippen LogP contribution in [0.4, 0.5) is 5.69 Å². The van der Waals surface area contributed by atoms with Crippen LogP contribution in [-0.2, 0) is 17.3 Å². The van der Waals surface area contributed by atoms with Crippen molar-refractivity contribution in [2.75, 3.05) is 38.8 Å². The van der Waals surface area contributed by atoms with Gasteiger partial charge >= 0.3 is 0 Å². The van der Waals surface area contributed by atoms with Gasteiger partial charge in [-0.2, -0.15) is 5.10 Å². The maximum Gasteiger partial charge on any atom is 0.283 e. The lowest BCUT2D eigenvalue weighted by atomic mass is 10.4. The molecule has 0 saturated heterocycles. The van der Waals surface area contributed by atoms with E-state index in [1.54, 1.807) is 12.5 Å².